The van der Waals surface area contributed by atoms with E-state index in [0.29, 0.717) is 22.6 Å². The number of hydrogen-bond donors (Lipinski definition) is 1. The van der Waals surface area contributed by atoms with Crippen LogP contribution in [0.3, 0.4) is 0 Å². The first-order chi connectivity index (χ1) is 10.1. The molecule has 2 heterocycles. The summed E-state index contributed by atoms with van der Waals surface area (Å²) in [6, 6.07) is 5.57. The summed E-state index contributed by atoms with van der Waals surface area (Å²) in [5.74, 6) is 0. The van der Waals surface area contributed by atoms with Gasteiger partial charge in [0.05, 0.1) is 11.3 Å². The third-order valence-corrected chi connectivity index (χ3v) is 3.87. The van der Waals surface area contributed by atoms with E-state index in [1.165, 1.54) is 0 Å². The molecular weight excluding hydrogens is 288 g/mol. The first-order valence-corrected chi connectivity index (χ1v) is 7.26. The van der Waals surface area contributed by atoms with Gasteiger partial charge in [-0.2, -0.15) is 0 Å². The maximum Gasteiger partial charge on any atom is 0.277 e. The van der Waals surface area contributed by atoms with Gasteiger partial charge in [0.15, 0.2) is 0 Å². The highest BCUT2D eigenvalue weighted by Crippen LogP contribution is 2.28. The van der Waals surface area contributed by atoms with E-state index in [1.807, 2.05) is 32.3 Å². The summed E-state index contributed by atoms with van der Waals surface area (Å²) < 4.78 is 1.65. The van der Waals surface area contributed by atoms with Crippen LogP contribution in [0.15, 0.2) is 29.3 Å². The van der Waals surface area contributed by atoms with Gasteiger partial charge in [-0.25, -0.2) is 4.98 Å². The van der Waals surface area contributed by atoms with Gasteiger partial charge >= 0.3 is 0 Å². The summed E-state index contributed by atoms with van der Waals surface area (Å²) in [7, 11) is 4.04. The zero-order valence-corrected chi connectivity index (χ0v) is 12.8. The lowest BCUT2D eigenvalue weighted by molar-refractivity contribution is 0.384. The molecule has 2 aromatic heterocycles. The summed E-state index contributed by atoms with van der Waals surface area (Å²) >= 11 is 6.21. The molecule has 0 amide bonds. The van der Waals surface area contributed by atoms with Gasteiger partial charge in [-0.15, -0.1) is 0 Å². The Bertz CT molecular complexity index is 850. The SMILES string of the molecule is CN(C)CCCn1cnc2c([nH]c3cccc(Cl)c32)c1=O. The monoisotopic (exact) mass is 304 g/mol. The first-order valence-electron chi connectivity index (χ1n) is 6.88. The van der Waals surface area contributed by atoms with Crippen LogP contribution in [0.1, 0.15) is 6.42 Å². The highest BCUT2D eigenvalue weighted by atomic mass is 35.5. The lowest BCUT2D eigenvalue weighted by atomic mass is 10.2. The summed E-state index contributed by atoms with van der Waals surface area (Å²) in [6.07, 6.45) is 2.51. The highest BCUT2D eigenvalue weighted by molar-refractivity contribution is 6.37. The Morgan fingerprint density at radius 2 is 2.19 bits per heavy atom. The summed E-state index contributed by atoms with van der Waals surface area (Å²) in [4.78, 5) is 22.2. The topological polar surface area (TPSA) is 53.9 Å². The summed E-state index contributed by atoms with van der Waals surface area (Å²) in [6.45, 7) is 1.59. The molecule has 21 heavy (non-hydrogen) atoms. The van der Waals surface area contributed by atoms with Gasteiger partial charge in [-0.05, 0) is 39.2 Å². The molecule has 0 spiro atoms. The molecule has 0 saturated carbocycles. The summed E-state index contributed by atoms with van der Waals surface area (Å²) in [5.41, 5.74) is 1.95. The van der Waals surface area contributed by atoms with Crippen LogP contribution in [0.2, 0.25) is 5.02 Å². The number of aromatic amines is 1. The smallest absolute Gasteiger partial charge is 0.277 e. The largest absolute Gasteiger partial charge is 0.349 e. The highest BCUT2D eigenvalue weighted by Gasteiger charge is 2.12. The van der Waals surface area contributed by atoms with Gasteiger partial charge in [0.1, 0.15) is 11.0 Å². The number of nitrogens with zero attached hydrogens (tertiary/aromatic N) is 3. The molecule has 0 aliphatic carbocycles. The minimum Gasteiger partial charge on any atom is -0.349 e. The van der Waals surface area contributed by atoms with Gasteiger partial charge in [-0.1, -0.05) is 17.7 Å². The number of aromatic nitrogens is 3. The quantitative estimate of drug-likeness (QED) is 0.805. The third kappa shape index (κ3) is 2.54. The van der Waals surface area contributed by atoms with Gasteiger partial charge in [-0.3, -0.25) is 9.36 Å². The van der Waals surface area contributed by atoms with Gasteiger partial charge in [0.2, 0.25) is 0 Å². The molecule has 3 rings (SSSR count). The second kappa shape index (κ2) is 5.50. The van der Waals surface area contributed by atoms with E-state index in [1.54, 1.807) is 10.9 Å². The molecule has 3 aromatic rings. The number of rotatable bonds is 4. The second-order valence-electron chi connectivity index (χ2n) is 5.41. The van der Waals surface area contributed by atoms with Crippen LogP contribution in [-0.2, 0) is 6.54 Å². The Kier molecular flexibility index (Phi) is 3.69. The van der Waals surface area contributed by atoms with Crippen molar-refractivity contribution < 1.29 is 0 Å². The third-order valence-electron chi connectivity index (χ3n) is 3.55. The predicted molar refractivity (Wildman–Crippen MR) is 86.0 cm³/mol. The van der Waals surface area contributed by atoms with Crippen molar-refractivity contribution in [2.75, 3.05) is 20.6 Å². The zero-order valence-electron chi connectivity index (χ0n) is 12.1. The Morgan fingerprint density at radius 1 is 1.38 bits per heavy atom. The molecule has 0 bridgehead atoms. The van der Waals surface area contributed by atoms with Crippen LogP contribution < -0.4 is 5.56 Å². The molecule has 0 saturated heterocycles. The average Bonchev–Trinajstić information content (AvgIpc) is 2.82. The molecule has 0 atom stereocenters. The number of hydrogen-bond acceptors (Lipinski definition) is 3. The van der Waals surface area contributed by atoms with Crippen LogP contribution in [0, 0.1) is 0 Å². The molecule has 5 nitrogen and oxygen atoms in total. The minimum absolute atomic E-state index is 0.0500. The average molecular weight is 305 g/mol. The fraction of sp³-hybridized carbons (Fsp3) is 0.333. The normalized spacial score (nSPS) is 11.8. The van der Waals surface area contributed by atoms with Crippen molar-refractivity contribution in [1.82, 2.24) is 19.4 Å². The van der Waals surface area contributed by atoms with Crippen LogP contribution >= 0.6 is 11.6 Å². The van der Waals surface area contributed by atoms with Crippen LogP contribution in [0.4, 0.5) is 0 Å². The number of nitrogens with one attached hydrogen (secondary N) is 1. The molecule has 6 heteroatoms. The van der Waals surface area contributed by atoms with E-state index in [2.05, 4.69) is 14.9 Å². The van der Waals surface area contributed by atoms with Crippen molar-refractivity contribution in [3.63, 3.8) is 0 Å². The fourth-order valence-corrected chi connectivity index (χ4v) is 2.78. The molecule has 0 unspecified atom stereocenters. The van der Waals surface area contributed by atoms with Gasteiger partial charge in [0, 0.05) is 17.4 Å². The number of H-pyrrole nitrogens is 1. The van der Waals surface area contributed by atoms with Crippen LogP contribution in [0.5, 0.6) is 0 Å². The Balaban J connectivity index is 2.07. The van der Waals surface area contributed by atoms with E-state index in [-0.39, 0.29) is 5.56 Å². The Morgan fingerprint density at radius 3 is 2.95 bits per heavy atom. The van der Waals surface area contributed by atoms with E-state index >= 15 is 0 Å². The summed E-state index contributed by atoms with van der Waals surface area (Å²) in [5, 5.41) is 1.42. The van der Waals surface area contributed by atoms with Crippen molar-refractivity contribution >= 4 is 33.5 Å². The van der Waals surface area contributed by atoms with Crippen molar-refractivity contribution in [3.8, 4) is 0 Å². The molecule has 0 radical (unpaired) electrons. The van der Waals surface area contributed by atoms with Gasteiger partial charge in [0.25, 0.3) is 5.56 Å². The molecule has 1 aromatic carbocycles. The van der Waals surface area contributed by atoms with Gasteiger partial charge < -0.3 is 9.88 Å². The Hall–Kier alpha value is -1.85. The second-order valence-corrected chi connectivity index (χ2v) is 5.82. The lowest BCUT2D eigenvalue weighted by Crippen LogP contribution is -2.23. The van der Waals surface area contributed by atoms with E-state index in [0.717, 1.165) is 23.9 Å². The standard InChI is InChI=1S/C15H17ClN4O/c1-19(2)7-4-8-20-9-17-13-12-10(16)5-3-6-11(12)18-14(13)15(20)21/h3,5-6,9,18H,4,7-8H2,1-2H3. The number of aryl methyl sites for hydroxylation is 1. The van der Waals surface area contributed by atoms with E-state index in [4.69, 9.17) is 11.6 Å². The van der Waals surface area contributed by atoms with Crippen molar-refractivity contribution in [2.24, 2.45) is 0 Å². The number of halogens is 1. The first kappa shape index (κ1) is 14.1. The van der Waals surface area contributed by atoms with Crippen LogP contribution in [-0.4, -0.2) is 40.1 Å². The van der Waals surface area contributed by atoms with Crippen molar-refractivity contribution in [3.05, 3.63) is 39.9 Å². The fourth-order valence-electron chi connectivity index (χ4n) is 2.51. The molecule has 110 valence electrons. The maximum absolute atomic E-state index is 12.5. The molecule has 0 fully saturated rings. The maximum atomic E-state index is 12.5. The van der Waals surface area contributed by atoms with E-state index in [9.17, 15) is 4.79 Å². The van der Waals surface area contributed by atoms with Crippen molar-refractivity contribution in [1.29, 1.82) is 0 Å². The molecular formula is C15H17ClN4O. The molecule has 1 N–H and O–H groups in total. The zero-order chi connectivity index (χ0) is 15.0. The number of fused-ring (bicyclic) bond motifs is 3. The predicted octanol–water partition coefficient (Wildman–Crippen LogP) is 2.48. The molecule has 0 aliphatic rings. The van der Waals surface area contributed by atoms with E-state index < -0.39 is 0 Å². The lowest BCUT2D eigenvalue weighted by Gasteiger charge is -2.10. The Labute approximate surface area is 127 Å². The molecule has 0 aliphatic heterocycles. The van der Waals surface area contributed by atoms with Crippen LogP contribution in [0.25, 0.3) is 21.9 Å². The van der Waals surface area contributed by atoms with Crippen molar-refractivity contribution in [2.45, 2.75) is 13.0 Å². The number of benzene rings is 1. The minimum atomic E-state index is -0.0500.